The number of ether oxygens (including phenoxy) is 3. The maximum Gasteiger partial charge on any atom is 0.193 e. The second kappa shape index (κ2) is 5.39. The Hall–Kier alpha value is -1.26. The van der Waals surface area contributed by atoms with E-state index in [2.05, 4.69) is 0 Å². The minimum atomic E-state index is -0.373. The van der Waals surface area contributed by atoms with Crippen molar-refractivity contribution in [2.24, 2.45) is 0 Å². The maximum atomic E-state index is 12.3. The Bertz CT molecular complexity index is 494. The van der Waals surface area contributed by atoms with Gasteiger partial charge in [-0.05, 0) is 18.9 Å². The third-order valence-corrected chi connectivity index (χ3v) is 3.64. The standard InChI is InChI=1S/C14H15ClO4/c15-10-8-13-12(18-5-2-6-19-13)7-9(10)14(16)11-3-1-4-17-11/h7-8,11H,1-6H2. The SMILES string of the molecule is O=C(c1cc2c(cc1Cl)OCCCO2)C1CCCO1. The fourth-order valence-electron chi connectivity index (χ4n) is 2.33. The van der Waals surface area contributed by atoms with Crippen LogP contribution in [0.25, 0.3) is 0 Å². The molecule has 2 aliphatic heterocycles. The van der Waals surface area contributed by atoms with Gasteiger partial charge in [-0.3, -0.25) is 4.79 Å². The van der Waals surface area contributed by atoms with Gasteiger partial charge in [-0.1, -0.05) is 11.6 Å². The van der Waals surface area contributed by atoms with Crippen molar-refractivity contribution >= 4 is 17.4 Å². The van der Waals surface area contributed by atoms with Crippen LogP contribution in [0.15, 0.2) is 12.1 Å². The van der Waals surface area contributed by atoms with Crippen molar-refractivity contribution in [3.63, 3.8) is 0 Å². The van der Waals surface area contributed by atoms with Gasteiger partial charge in [0.2, 0.25) is 0 Å². The molecule has 102 valence electrons. The fraction of sp³-hybridized carbons (Fsp3) is 0.500. The van der Waals surface area contributed by atoms with E-state index in [1.165, 1.54) is 0 Å². The first kappa shape index (κ1) is 12.8. The molecule has 1 aromatic rings. The molecule has 0 spiro atoms. The average Bonchev–Trinajstić information content (AvgIpc) is 2.84. The van der Waals surface area contributed by atoms with Crippen LogP contribution in [-0.4, -0.2) is 31.7 Å². The van der Waals surface area contributed by atoms with Gasteiger partial charge in [0.1, 0.15) is 6.10 Å². The Morgan fingerprint density at radius 1 is 1.11 bits per heavy atom. The normalized spacial score (nSPS) is 22.1. The Labute approximate surface area is 116 Å². The summed E-state index contributed by atoms with van der Waals surface area (Å²) in [5.41, 5.74) is 0.456. The van der Waals surface area contributed by atoms with Gasteiger partial charge in [0.25, 0.3) is 0 Å². The lowest BCUT2D eigenvalue weighted by molar-refractivity contribution is 0.0642. The Morgan fingerprint density at radius 3 is 2.53 bits per heavy atom. The van der Waals surface area contributed by atoms with Crippen LogP contribution in [0, 0.1) is 0 Å². The van der Waals surface area contributed by atoms with Crippen molar-refractivity contribution < 1.29 is 19.0 Å². The van der Waals surface area contributed by atoms with E-state index in [1.54, 1.807) is 12.1 Å². The lowest BCUT2D eigenvalue weighted by Gasteiger charge is -2.13. The second-order valence-corrected chi connectivity index (χ2v) is 5.10. The number of hydrogen-bond donors (Lipinski definition) is 0. The molecule has 0 saturated carbocycles. The first-order valence-electron chi connectivity index (χ1n) is 6.50. The summed E-state index contributed by atoms with van der Waals surface area (Å²) < 4.78 is 16.5. The molecule has 0 N–H and O–H groups in total. The molecule has 0 aliphatic carbocycles. The zero-order valence-corrected chi connectivity index (χ0v) is 11.2. The molecule has 1 atom stereocenters. The van der Waals surface area contributed by atoms with E-state index in [9.17, 15) is 4.79 Å². The minimum Gasteiger partial charge on any atom is -0.490 e. The van der Waals surface area contributed by atoms with Crippen LogP contribution in [0.4, 0.5) is 0 Å². The smallest absolute Gasteiger partial charge is 0.193 e. The van der Waals surface area contributed by atoms with Gasteiger partial charge < -0.3 is 14.2 Å². The average molecular weight is 283 g/mol. The summed E-state index contributed by atoms with van der Waals surface area (Å²) in [6, 6.07) is 3.33. The summed E-state index contributed by atoms with van der Waals surface area (Å²) in [6.45, 7) is 1.82. The Morgan fingerprint density at radius 2 is 1.84 bits per heavy atom. The van der Waals surface area contributed by atoms with E-state index in [0.29, 0.717) is 41.9 Å². The zero-order chi connectivity index (χ0) is 13.2. The number of Topliss-reactive ketones (excluding diaryl/α,β-unsaturated/α-hetero) is 1. The lowest BCUT2D eigenvalue weighted by Crippen LogP contribution is -2.20. The molecule has 5 heteroatoms. The zero-order valence-electron chi connectivity index (χ0n) is 10.5. The van der Waals surface area contributed by atoms with E-state index in [0.717, 1.165) is 19.3 Å². The highest BCUT2D eigenvalue weighted by molar-refractivity contribution is 6.34. The molecular formula is C14H15ClO4. The van der Waals surface area contributed by atoms with E-state index < -0.39 is 0 Å². The van der Waals surface area contributed by atoms with Gasteiger partial charge >= 0.3 is 0 Å². The van der Waals surface area contributed by atoms with Crippen molar-refractivity contribution in [3.8, 4) is 11.5 Å². The minimum absolute atomic E-state index is 0.0712. The molecule has 1 fully saturated rings. The third-order valence-electron chi connectivity index (χ3n) is 3.32. The van der Waals surface area contributed by atoms with Crippen molar-refractivity contribution in [1.82, 2.24) is 0 Å². The van der Waals surface area contributed by atoms with Crippen LogP contribution >= 0.6 is 11.6 Å². The highest BCUT2D eigenvalue weighted by Gasteiger charge is 2.28. The molecule has 2 aliphatic rings. The predicted octanol–water partition coefficient (Wildman–Crippen LogP) is 2.86. The van der Waals surface area contributed by atoms with Gasteiger partial charge in [0.05, 0.1) is 18.2 Å². The summed E-state index contributed by atoms with van der Waals surface area (Å²) in [5.74, 6) is 1.12. The first-order valence-corrected chi connectivity index (χ1v) is 6.88. The molecular weight excluding hydrogens is 268 g/mol. The van der Waals surface area contributed by atoms with E-state index in [-0.39, 0.29) is 11.9 Å². The van der Waals surface area contributed by atoms with Crippen molar-refractivity contribution in [1.29, 1.82) is 0 Å². The van der Waals surface area contributed by atoms with Crippen LogP contribution < -0.4 is 9.47 Å². The Balaban J connectivity index is 1.92. The lowest BCUT2D eigenvalue weighted by atomic mass is 10.0. The number of rotatable bonds is 2. The van der Waals surface area contributed by atoms with Crippen LogP contribution in [0.3, 0.4) is 0 Å². The number of benzene rings is 1. The van der Waals surface area contributed by atoms with E-state index in [1.807, 2.05) is 0 Å². The van der Waals surface area contributed by atoms with Crippen LogP contribution in [0.5, 0.6) is 11.5 Å². The topological polar surface area (TPSA) is 44.8 Å². The highest BCUT2D eigenvalue weighted by atomic mass is 35.5. The summed E-state index contributed by atoms with van der Waals surface area (Å²) in [4.78, 5) is 12.3. The monoisotopic (exact) mass is 282 g/mol. The van der Waals surface area contributed by atoms with Crippen LogP contribution in [0.2, 0.25) is 5.02 Å². The van der Waals surface area contributed by atoms with E-state index in [4.69, 9.17) is 25.8 Å². The second-order valence-electron chi connectivity index (χ2n) is 4.70. The van der Waals surface area contributed by atoms with Crippen LogP contribution in [-0.2, 0) is 4.74 Å². The predicted molar refractivity (Wildman–Crippen MR) is 70.4 cm³/mol. The van der Waals surface area contributed by atoms with Gasteiger partial charge in [-0.15, -0.1) is 0 Å². The van der Waals surface area contributed by atoms with Gasteiger partial charge in [0, 0.05) is 24.7 Å². The van der Waals surface area contributed by atoms with Gasteiger partial charge in [-0.2, -0.15) is 0 Å². The van der Waals surface area contributed by atoms with Crippen molar-refractivity contribution in [3.05, 3.63) is 22.7 Å². The molecule has 0 radical (unpaired) electrons. The largest absolute Gasteiger partial charge is 0.490 e. The molecule has 1 aromatic carbocycles. The fourth-order valence-corrected chi connectivity index (χ4v) is 2.58. The van der Waals surface area contributed by atoms with Gasteiger partial charge in [0.15, 0.2) is 17.3 Å². The molecule has 4 nitrogen and oxygen atoms in total. The molecule has 0 amide bonds. The summed E-state index contributed by atoms with van der Waals surface area (Å²) in [5, 5.41) is 0.393. The molecule has 3 rings (SSSR count). The third kappa shape index (κ3) is 2.55. The summed E-state index contributed by atoms with van der Waals surface area (Å²) in [7, 11) is 0. The number of ketones is 1. The number of carbonyl (C=O) groups excluding carboxylic acids is 1. The van der Waals surface area contributed by atoms with Crippen LogP contribution in [0.1, 0.15) is 29.6 Å². The molecule has 1 saturated heterocycles. The summed E-state index contributed by atoms with van der Waals surface area (Å²) in [6.07, 6.45) is 2.12. The van der Waals surface area contributed by atoms with Gasteiger partial charge in [-0.25, -0.2) is 0 Å². The molecule has 0 bridgehead atoms. The quantitative estimate of drug-likeness (QED) is 0.783. The van der Waals surface area contributed by atoms with E-state index >= 15 is 0 Å². The summed E-state index contributed by atoms with van der Waals surface area (Å²) >= 11 is 6.18. The maximum absolute atomic E-state index is 12.3. The number of fused-ring (bicyclic) bond motifs is 1. The molecule has 0 aromatic heterocycles. The number of halogens is 1. The number of carbonyl (C=O) groups is 1. The highest BCUT2D eigenvalue weighted by Crippen LogP contribution is 2.36. The van der Waals surface area contributed by atoms with Crippen molar-refractivity contribution in [2.45, 2.75) is 25.4 Å². The molecule has 19 heavy (non-hydrogen) atoms. The number of hydrogen-bond acceptors (Lipinski definition) is 4. The van der Waals surface area contributed by atoms with Crippen molar-refractivity contribution in [2.75, 3.05) is 19.8 Å². The Kier molecular flexibility index (Phi) is 3.62. The first-order chi connectivity index (χ1) is 9.25. The molecule has 2 heterocycles. The molecule has 1 unspecified atom stereocenters.